The molecule has 3 saturated carbocycles. The number of hydrogen-bond acceptors (Lipinski definition) is 7. The van der Waals surface area contributed by atoms with Crippen molar-refractivity contribution in [2.75, 3.05) is 6.61 Å². The molecule has 40 heavy (non-hydrogen) atoms. The molecule has 5 rings (SSSR count). The van der Waals surface area contributed by atoms with E-state index in [0.717, 1.165) is 13.0 Å². The van der Waals surface area contributed by atoms with E-state index in [0.29, 0.717) is 0 Å². The zero-order valence-corrected chi connectivity index (χ0v) is 23.0. The van der Waals surface area contributed by atoms with E-state index in [-0.39, 0.29) is 30.4 Å². The summed E-state index contributed by atoms with van der Waals surface area (Å²) in [5.74, 6) is -5.00. The number of halogens is 2. The van der Waals surface area contributed by atoms with Crippen LogP contribution in [-0.2, 0) is 23.9 Å². The van der Waals surface area contributed by atoms with Crippen molar-refractivity contribution in [1.29, 1.82) is 0 Å². The number of ketones is 2. The van der Waals surface area contributed by atoms with Gasteiger partial charge in [0.1, 0.15) is 6.17 Å². The lowest BCUT2D eigenvalue weighted by atomic mass is 9.44. The van der Waals surface area contributed by atoms with Gasteiger partial charge in [0.15, 0.2) is 23.7 Å². The maximum Gasteiger partial charge on any atom is 0.339 e. The first-order chi connectivity index (χ1) is 18.7. The van der Waals surface area contributed by atoms with Crippen LogP contribution >= 0.6 is 0 Å². The van der Waals surface area contributed by atoms with Crippen LogP contribution in [0.3, 0.4) is 0 Å². The average Bonchev–Trinajstić information content (AvgIpc) is 3.12. The van der Waals surface area contributed by atoms with Crippen molar-refractivity contribution in [2.24, 2.45) is 28.6 Å². The topological polar surface area (TPSA) is 107 Å². The fourth-order valence-electron chi connectivity index (χ4n) is 8.45. The Morgan fingerprint density at radius 1 is 1.10 bits per heavy atom. The van der Waals surface area contributed by atoms with E-state index in [2.05, 4.69) is 0 Å². The molecule has 4 aliphatic rings. The summed E-state index contributed by atoms with van der Waals surface area (Å²) in [7, 11) is 0. The van der Waals surface area contributed by atoms with Crippen molar-refractivity contribution in [3.8, 4) is 0 Å². The molecule has 9 heteroatoms. The standard InChI is InChI=1S/C31H34F2O7/c1-17-12-21-22-14-24(32)23-13-20(35)10-11-28(23,3)30(22,33)25(36)15-29(21,4)31(17,26(37)16-39-18(2)34)40-27(38)19-8-6-5-7-9-19/h5-11,13,17,21-22,24-25,36H,12,14-16H2,1-4H3/t17-,21+,22+,24+,25?,28+,29+,30+,31+/m1/s1. The lowest BCUT2D eigenvalue weighted by Gasteiger charge is -2.63. The van der Waals surface area contributed by atoms with Gasteiger partial charge in [0.2, 0.25) is 5.78 Å². The Morgan fingerprint density at radius 3 is 2.42 bits per heavy atom. The van der Waals surface area contributed by atoms with Gasteiger partial charge < -0.3 is 14.6 Å². The molecule has 0 aromatic heterocycles. The number of allylic oxidation sites excluding steroid dienone is 4. The van der Waals surface area contributed by atoms with E-state index >= 15 is 8.78 Å². The number of aliphatic hydroxyl groups is 1. The van der Waals surface area contributed by atoms with Crippen molar-refractivity contribution >= 4 is 23.5 Å². The quantitative estimate of drug-likeness (QED) is 0.540. The molecule has 1 unspecified atom stereocenters. The molecule has 0 saturated heterocycles. The highest BCUT2D eigenvalue weighted by Crippen LogP contribution is 2.71. The molecule has 1 aromatic rings. The number of carbonyl (C=O) groups excluding carboxylic acids is 4. The summed E-state index contributed by atoms with van der Waals surface area (Å²) in [4.78, 5) is 51.1. The van der Waals surface area contributed by atoms with Crippen LogP contribution in [0.15, 0.2) is 54.1 Å². The first kappa shape index (κ1) is 28.3. The van der Waals surface area contributed by atoms with Gasteiger partial charge in [-0.15, -0.1) is 0 Å². The number of rotatable bonds is 5. The van der Waals surface area contributed by atoms with Crippen LogP contribution in [0.5, 0.6) is 0 Å². The number of fused-ring (bicyclic) bond motifs is 5. The highest BCUT2D eigenvalue weighted by Gasteiger charge is 2.78. The molecule has 214 valence electrons. The van der Waals surface area contributed by atoms with Crippen molar-refractivity contribution in [2.45, 2.75) is 70.5 Å². The maximum atomic E-state index is 17.5. The fraction of sp³-hybridized carbons (Fsp3) is 0.548. The van der Waals surface area contributed by atoms with Crippen molar-refractivity contribution in [3.63, 3.8) is 0 Å². The van der Waals surface area contributed by atoms with E-state index in [4.69, 9.17) is 9.47 Å². The molecule has 1 aromatic carbocycles. The zero-order chi connectivity index (χ0) is 29.3. The van der Waals surface area contributed by atoms with E-state index in [9.17, 15) is 24.3 Å². The number of benzene rings is 1. The highest BCUT2D eigenvalue weighted by atomic mass is 19.1. The molecular weight excluding hydrogens is 522 g/mol. The molecule has 0 bridgehead atoms. The van der Waals surface area contributed by atoms with Crippen LogP contribution in [0, 0.1) is 28.6 Å². The molecule has 9 atom stereocenters. The van der Waals surface area contributed by atoms with Gasteiger partial charge in [-0.05, 0) is 62.0 Å². The molecule has 0 radical (unpaired) electrons. The van der Waals surface area contributed by atoms with E-state index in [1.165, 1.54) is 31.2 Å². The largest absolute Gasteiger partial charge is 0.458 e. The second-order valence-electron chi connectivity index (χ2n) is 12.2. The first-order valence-corrected chi connectivity index (χ1v) is 13.6. The third-order valence-electron chi connectivity index (χ3n) is 10.3. The second kappa shape index (κ2) is 9.43. The van der Waals surface area contributed by atoms with Crippen LogP contribution in [0.4, 0.5) is 8.78 Å². The van der Waals surface area contributed by atoms with E-state index in [1.54, 1.807) is 32.0 Å². The Labute approximate surface area is 231 Å². The summed E-state index contributed by atoms with van der Waals surface area (Å²) in [6.07, 6.45) is -0.0227. The number of Topliss-reactive ketones (excluding diaryl/α,β-unsaturated/α-hetero) is 1. The lowest BCUT2D eigenvalue weighted by molar-refractivity contribution is -0.224. The molecule has 0 amide bonds. The van der Waals surface area contributed by atoms with E-state index in [1.807, 2.05) is 0 Å². The van der Waals surface area contributed by atoms with Crippen molar-refractivity contribution < 1.29 is 42.5 Å². The third kappa shape index (κ3) is 3.69. The smallest absolute Gasteiger partial charge is 0.339 e. The summed E-state index contributed by atoms with van der Waals surface area (Å²) < 4.78 is 44.4. The molecule has 0 aliphatic heterocycles. The van der Waals surface area contributed by atoms with Crippen molar-refractivity contribution in [3.05, 3.63) is 59.7 Å². The molecule has 7 nitrogen and oxygen atoms in total. The first-order valence-electron chi connectivity index (χ1n) is 13.6. The van der Waals surface area contributed by atoms with Crippen LogP contribution < -0.4 is 0 Å². The summed E-state index contributed by atoms with van der Waals surface area (Å²) in [6.45, 7) is 5.36. The van der Waals surface area contributed by atoms with Crippen LogP contribution in [-0.4, -0.2) is 58.8 Å². The number of alkyl halides is 2. The molecule has 0 spiro atoms. The Morgan fingerprint density at radius 2 is 1.77 bits per heavy atom. The van der Waals surface area contributed by atoms with Gasteiger partial charge in [0.25, 0.3) is 0 Å². The van der Waals surface area contributed by atoms with Crippen LogP contribution in [0.25, 0.3) is 0 Å². The SMILES string of the molecule is CC(=O)OCC(=O)[C@@]1(OC(=O)c2ccccc2)[C@H](C)C[C@H]2[C@@H]3C[C@H](F)C4=CC(=O)C=C[C@]4(C)[C@@]3(F)C(O)C[C@@]21C. The predicted octanol–water partition coefficient (Wildman–Crippen LogP) is 4.28. The summed E-state index contributed by atoms with van der Waals surface area (Å²) in [6, 6.07) is 8.08. The van der Waals surface area contributed by atoms with Gasteiger partial charge in [-0.3, -0.25) is 14.4 Å². The minimum atomic E-state index is -2.35. The minimum Gasteiger partial charge on any atom is -0.458 e. The maximum absolute atomic E-state index is 17.5. The molecule has 3 fully saturated rings. The predicted molar refractivity (Wildman–Crippen MR) is 139 cm³/mol. The van der Waals surface area contributed by atoms with Crippen LogP contribution in [0.1, 0.15) is 57.3 Å². The lowest BCUT2D eigenvalue weighted by Crippen LogP contribution is -2.71. The molecule has 1 N–H and O–H groups in total. The number of aliphatic hydroxyl groups excluding tert-OH is 1. The van der Waals surface area contributed by atoms with Gasteiger partial charge in [-0.1, -0.05) is 38.1 Å². The monoisotopic (exact) mass is 556 g/mol. The molecular formula is C31H34F2O7. The third-order valence-corrected chi connectivity index (χ3v) is 10.3. The minimum absolute atomic E-state index is 0.000140. The number of esters is 2. The van der Waals surface area contributed by atoms with Gasteiger partial charge >= 0.3 is 11.9 Å². The second-order valence-corrected chi connectivity index (χ2v) is 12.2. The average molecular weight is 557 g/mol. The molecule has 0 heterocycles. The summed E-state index contributed by atoms with van der Waals surface area (Å²) in [5.41, 5.74) is -6.94. The van der Waals surface area contributed by atoms with Gasteiger partial charge in [0, 0.05) is 29.6 Å². The van der Waals surface area contributed by atoms with E-state index < -0.39 is 82.2 Å². The highest BCUT2D eigenvalue weighted by molar-refractivity contribution is 6.01. The van der Waals surface area contributed by atoms with Gasteiger partial charge in [-0.2, -0.15) is 0 Å². The Kier molecular flexibility index (Phi) is 6.68. The fourth-order valence-corrected chi connectivity index (χ4v) is 8.45. The summed E-state index contributed by atoms with van der Waals surface area (Å²) in [5, 5.41) is 11.6. The van der Waals surface area contributed by atoms with Gasteiger partial charge in [0.05, 0.1) is 11.7 Å². The van der Waals surface area contributed by atoms with Gasteiger partial charge in [-0.25, -0.2) is 13.6 Å². The normalized spacial score (nSPS) is 41.7. The Balaban J connectivity index is 1.63. The number of carbonyl (C=O) groups is 4. The summed E-state index contributed by atoms with van der Waals surface area (Å²) >= 11 is 0. The Bertz CT molecular complexity index is 1320. The zero-order valence-electron chi connectivity index (χ0n) is 23.0. The van der Waals surface area contributed by atoms with Crippen LogP contribution in [0.2, 0.25) is 0 Å². The molecule has 4 aliphatic carbocycles. The van der Waals surface area contributed by atoms with Crippen molar-refractivity contribution in [1.82, 2.24) is 0 Å². The number of ether oxygens (including phenoxy) is 2. The number of hydrogen-bond donors (Lipinski definition) is 1. The Hall–Kier alpha value is -3.20.